The molecule has 0 aliphatic heterocycles. The molecule has 1 aromatic heterocycles. The number of hydrogen-bond acceptors (Lipinski definition) is 5. The second kappa shape index (κ2) is 5.72. The number of aryl methyl sites for hydroxylation is 1. The van der Waals surface area contributed by atoms with E-state index in [1.54, 1.807) is 12.4 Å². The van der Waals surface area contributed by atoms with Crippen LogP contribution in [0.25, 0.3) is 0 Å². The van der Waals surface area contributed by atoms with Gasteiger partial charge in [0.15, 0.2) is 0 Å². The largest absolute Gasteiger partial charge is 0.459 e. The van der Waals surface area contributed by atoms with Crippen LogP contribution >= 0.6 is 0 Å². The standard InChI is InChI=1S/C12H19N3O2/c1-9-5-15-10(7-14-9)6-13-8-11(16)17-12(2,3)4/h5,7,13H,6,8H2,1-4H3. The van der Waals surface area contributed by atoms with Crippen LogP contribution in [-0.4, -0.2) is 28.1 Å². The van der Waals surface area contributed by atoms with Crippen LogP contribution in [0.2, 0.25) is 0 Å². The van der Waals surface area contributed by atoms with Gasteiger partial charge in [0.2, 0.25) is 0 Å². The Kier molecular flexibility index (Phi) is 4.57. The third-order valence-corrected chi connectivity index (χ3v) is 1.83. The minimum atomic E-state index is -0.442. The molecule has 0 spiro atoms. The molecular formula is C12H19N3O2. The molecule has 0 bridgehead atoms. The highest BCUT2D eigenvalue weighted by Crippen LogP contribution is 2.06. The van der Waals surface area contributed by atoms with Crippen molar-refractivity contribution in [1.29, 1.82) is 0 Å². The van der Waals surface area contributed by atoms with Gasteiger partial charge in [-0.15, -0.1) is 0 Å². The molecule has 0 aliphatic carbocycles. The summed E-state index contributed by atoms with van der Waals surface area (Å²) in [6, 6.07) is 0. The molecule has 0 aliphatic rings. The second-order valence-electron chi connectivity index (χ2n) is 4.84. The average Bonchev–Trinajstić information content (AvgIpc) is 2.18. The van der Waals surface area contributed by atoms with Crippen molar-refractivity contribution in [2.45, 2.75) is 39.8 Å². The Hall–Kier alpha value is -1.49. The first-order valence-corrected chi connectivity index (χ1v) is 5.57. The van der Waals surface area contributed by atoms with Gasteiger partial charge < -0.3 is 10.1 Å². The van der Waals surface area contributed by atoms with Crippen LogP contribution in [0.5, 0.6) is 0 Å². The molecule has 0 unspecified atom stereocenters. The lowest BCUT2D eigenvalue weighted by atomic mass is 10.2. The van der Waals surface area contributed by atoms with E-state index in [0.717, 1.165) is 11.4 Å². The molecule has 0 saturated carbocycles. The van der Waals surface area contributed by atoms with Gasteiger partial charge in [-0.2, -0.15) is 0 Å². The van der Waals surface area contributed by atoms with Crippen molar-refractivity contribution >= 4 is 5.97 Å². The molecule has 0 atom stereocenters. The summed E-state index contributed by atoms with van der Waals surface area (Å²) in [6.07, 6.45) is 3.39. The summed E-state index contributed by atoms with van der Waals surface area (Å²) in [5.41, 5.74) is 1.24. The Morgan fingerprint density at radius 1 is 1.35 bits per heavy atom. The maximum atomic E-state index is 11.4. The number of nitrogens with one attached hydrogen (secondary N) is 1. The molecule has 0 fully saturated rings. The topological polar surface area (TPSA) is 64.1 Å². The number of rotatable bonds is 4. The van der Waals surface area contributed by atoms with Crippen LogP contribution < -0.4 is 5.32 Å². The zero-order chi connectivity index (χ0) is 12.9. The Bertz CT molecular complexity index is 368. The van der Waals surface area contributed by atoms with Crippen molar-refractivity contribution in [3.05, 3.63) is 23.8 Å². The van der Waals surface area contributed by atoms with Crippen molar-refractivity contribution in [3.8, 4) is 0 Å². The third kappa shape index (κ3) is 5.97. The normalized spacial score (nSPS) is 11.3. The van der Waals surface area contributed by atoms with E-state index in [1.807, 2.05) is 27.7 Å². The SMILES string of the molecule is Cc1cnc(CNCC(=O)OC(C)(C)C)cn1. The summed E-state index contributed by atoms with van der Waals surface area (Å²) in [6.45, 7) is 8.09. The Morgan fingerprint density at radius 3 is 2.59 bits per heavy atom. The summed E-state index contributed by atoms with van der Waals surface area (Å²) in [5, 5.41) is 2.97. The minimum Gasteiger partial charge on any atom is -0.459 e. The van der Waals surface area contributed by atoms with Gasteiger partial charge in [-0.05, 0) is 27.7 Å². The fraction of sp³-hybridized carbons (Fsp3) is 0.583. The first kappa shape index (κ1) is 13.6. The van der Waals surface area contributed by atoms with Gasteiger partial charge in [-0.25, -0.2) is 0 Å². The van der Waals surface area contributed by atoms with Crippen LogP contribution in [0, 0.1) is 6.92 Å². The predicted molar refractivity (Wildman–Crippen MR) is 64.3 cm³/mol. The minimum absolute atomic E-state index is 0.173. The molecule has 0 saturated heterocycles. The van der Waals surface area contributed by atoms with E-state index in [-0.39, 0.29) is 12.5 Å². The van der Waals surface area contributed by atoms with E-state index in [2.05, 4.69) is 15.3 Å². The molecule has 1 rings (SSSR count). The average molecular weight is 237 g/mol. The maximum Gasteiger partial charge on any atom is 0.320 e. The zero-order valence-corrected chi connectivity index (χ0v) is 10.8. The van der Waals surface area contributed by atoms with Crippen LogP contribution in [0.15, 0.2) is 12.4 Å². The molecule has 0 radical (unpaired) electrons. The summed E-state index contributed by atoms with van der Waals surface area (Å²) in [4.78, 5) is 19.7. The van der Waals surface area contributed by atoms with Crippen molar-refractivity contribution in [2.24, 2.45) is 0 Å². The first-order valence-electron chi connectivity index (χ1n) is 5.57. The first-order chi connectivity index (χ1) is 7.87. The van der Waals surface area contributed by atoms with Gasteiger partial charge in [-0.3, -0.25) is 14.8 Å². The number of nitrogens with zero attached hydrogens (tertiary/aromatic N) is 2. The molecule has 5 heteroatoms. The van der Waals surface area contributed by atoms with Crippen LogP contribution in [0.3, 0.4) is 0 Å². The van der Waals surface area contributed by atoms with E-state index < -0.39 is 5.60 Å². The number of ether oxygens (including phenoxy) is 1. The van der Waals surface area contributed by atoms with Crippen LogP contribution in [0.4, 0.5) is 0 Å². The van der Waals surface area contributed by atoms with Gasteiger partial charge in [0.25, 0.3) is 0 Å². The highest BCUT2D eigenvalue weighted by Gasteiger charge is 2.15. The lowest BCUT2D eigenvalue weighted by Crippen LogP contribution is -2.31. The van der Waals surface area contributed by atoms with Crippen molar-refractivity contribution in [1.82, 2.24) is 15.3 Å². The third-order valence-electron chi connectivity index (χ3n) is 1.83. The fourth-order valence-corrected chi connectivity index (χ4v) is 1.18. The summed E-state index contributed by atoms with van der Waals surface area (Å²) in [5.74, 6) is -0.266. The van der Waals surface area contributed by atoms with Crippen molar-refractivity contribution < 1.29 is 9.53 Å². The van der Waals surface area contributed by atoms with E-state index in [1.165, 1.54) is 0 Å². The summed E-state index contributed by atoms with van der Waals surface area (Å²) >= 11 is 0. The Labute approximate surface area is 102 Å². The lowest BCUT2D eigenvalue weighted by molar-refractivity contribution is -0.153. The number of carbonyl (C=O) groups is 1. The molecule has 94 valence electrons. The molecule has 1 heterocycles. The number of hydrogen-bond donors (Lipinski definition) is 1. The Morgan fingerprint density at radius 2 is 2.06 bits per heavy atom. The zero-order valence-electron chi connectivity index (χ0n) is 10.8. The van der Waals surface area contributed by atoms with Crippen molar-refractivity contribution in [3.63, 3.8) is 0 Å². The summed E-state index contributed by atoms with van der Waals surface area (Å²) < 4.78 is 5.16. The van der Waals surface area contributed by atoms with Gasteiger partial charge in [0.1, 0.15) is 5.60 Å². The van der Waals surface area contributed by atoms with E-state index >= 15 is 0 Å². The number of aromatic nitrogens is 2. The highest BCUT2D eigenvalue weighted by atomic mass is 16.6. The van der Waals surface area contributed by atoms with E-state index in [0.29, 0.717) is 6.54 Å². The van der Waals surface area contributed by atoms with E-state index in [4.69, 9.17) is 4.74 Å². The van der Waals surface area contributed by atoms with Crippen LogP contribution in [0.1, 0.15) is 32.2 Å². The van der Waals surface area contributed by atoms with Crippen LogP contribution in [-0.2, 0) is 16.1 Å². The van der Waals surface area contributed by atoms with Gasteiger partial charge in [0.05, 0.1) is 17.9 Å². The van der Waals surface area contributed by atoms with Gasteiger partial charge in [-0.1, -0.05) is 0 Å². The molecule has 1 N–H and O–H groups in total. The smallest absolute Gasteiger partial charge is 0.320 e. The summed E-state index contributed by atoms with van der Waals surface area (Å²) in [7, 11) is 0. The highest BCUT2D eigenvalue weighted by molar-refractivity contribution is 5.72. The maximum absolute atomic E-state index is 11.4. The number of esters is 1. The molecule has 0 amide bonds. The Balaban J connectivity index is 2.28. The van der Waals surface area contributed by atoms with Gasteiger partial charge >= 0.3 is 5.97 Å². The quantitative estimate of drug-likeness (QED) is 0.798. The molecule has 0 aromatic carbocycles. The molecule has 5 nitrogen and oxygen atoms in total. The molecule has 1 aromatic rings. The molecular weight excluding hydrogens is 218 g/mol. The van der Waals surface area contributed by atoms with E-state index in [9.17, 15) is 4.79 Å². The van der Waals surface area contributed by atoms with Gasteiger partial charge in [0, 0.05) is 18.9 Å². The van der Waals surface area contributed by atoms with Crippen molar-refractivity contribution in [2.75, 3.05) is 6.54 Å². The second-order valence-corrected chi connectivity index (χ2v) is 4.84. The lowest BCUT2D eigenvalue weighted by Gasteiger charge is -2.19. The number of carbonyl (C=O) groups excluding carboxylic acids is 1. The fourth-order valence-electron chi connectivity index (χ4n) is 1.18. The molecule has 17 heavy (non-hydrogen) atoms. The monoisotopic (exact) mass is 237 g/mol. The predicted octanol–water partition coefficient (Wildman–Crippen LogP) is 1.22.